The highest BCUT2D eigenvalue weighted by molar-refractivity contribution is 5.80. The van der Waals surface area contributed by atoms with Gasteiger partial charge in [-0.1, -0.05) is 6.07 Å². The summed E-state index contributed by atoms with van der Waals surface area (Å²) in [5.41, 5.74) is 6.41. The molecular formula is C19H22N2O. The lowest BCUT2D eigenvalue weighted by Crippen LogP contribution is -2.21. The standard InChI is InChI=1S/C19H22N2O/c1-5-21(6-2)16-9-7-15(8-10-16)19-20-17-12-13(3)11-14(4)18(17)22-19/h7-12H,5-6H2,1-4H3. The highest BCUT2D eigenvalue weighted by Crippen LogP contribution is 2.28. The molecule has 114 valence electrons. The predicted octanol–water partition coefficient (Wildman–Crippen LogP) is 4.96. The fraction of sp³-hybridized carbons (Fsp3) is 0.316. The van der Waals surface area contributed by atoms with Crippen LogP contribution < -0.4 is 4.90 Å². The van der Waals surface area contributed by atoms with Crippen LogP contribution in [0, 0.1) is 13.8 Å². The molecule has 0 bridgehead atoms. The number of nitrogens with zero attached hydrogens (tertiary/aromatic N) is 2. The van der Waals surface area contributed by atoms with Crippen molar-refractivity contribution in [2.24, 2.45) is 0 Å². The lowest BCUT2D eigenvalue weighted by Gasteiger charge is -2.20. The van der Waals surface area contributed by atoms with E-state index in [1.807, 2.05) is 0 Å². The molecule has 0 unspecified atom stereocenters. The molecule has 0 spiro atoms. The number of aromatic nitrogens is 1. The quantitative estimate of drug-likeness (QED) is 0.681. The van der Waals surface area contributed by atoms with E-state index in [2.05, 4.69) is 74.0 Å². The van der Waals surface area contributed by atoms with Gasteiger partial charge in [0.2, 0.25) is 5.89 Å². The first-order valence-corrected chi connectivity index (χ1v) is 7.85. The second kappa shape index (κ2) is 5.84. The second-order valence-electron chi connectivity index (χ2n) is 5.67. The Labute approximate surface area is 131 Å². The largest absolute Gasteiger partial charge is 0.436 e. The van der Waals surface area contributed by atoms with E-state index in [0.29, 0.717) is 5.89 Å². The minimum atomic E-state index is 0.690. The summed E-state index contributed by atoms with van der Waals surface area (Å²) in [6.07, 6.45) is 0. The molecule has 0 amide bonds. The summed E-state index contributed by atoms with van der Waals surface area (Å²) in [5.74, 6) is 0.690. The zero-order valence-corrected chi connectivity index (χ0v) is 13.7. The Morgan fingerprint density at radius 2 is 1.68 bits per heavy atom. The molecule has 1 aromatic heterocycles. The summed E-state index contributed by atoms with van der Waals surface area (Å²) >= 11 is 0. The van der Waals surface area contributed by atoms with Crippen molar-refractivity contribution >= 4 is 16.8 Å². The van der Waals surface area contributed by atoms with Gasteiger partial charge in [0.25, 0.3) is 0 Å². The minimum Gasteiger partial charge on any atom is -0.436 e. The third kappa shape index (κ3) is 2.59. The molecule has 1 heterocycles. The van der Waals surface area contributed by atoms with E-state index < -0.39 is 0 Å². The second-order valence-corrected chi connectivity index (χ2v) is 5.67. The summed E-state index contributed by atoms with van der Waals surface area (Å²) in [4.78, 5) is 6.96. The van der Waals surface area contributed by atoms with Crippen molar-refractivity contribution in [1.29, 1.82) is 0 Å². The molecule has 22 heavy (non-hydrogen) atoms. The molecule has 0 saturated heterocycles. The van der Waals surface area contributed by atoms with Gasteiger partial charge in [0.05, 0.1) is 0 Å². The van der Waals surface area contributed by atoms with Crippen LogP contribution in [-0.2, 0) is 0 Å². The fourth-order valence-corrected chi connectivity index (χ4v) is 2.90. The third-order valence-electron chi connectivity index (χ3n) is 4.06. The van der Waals surface area contributed by atoms with Crippen molar-refractivity contribution in [3.8, 4) is 11.5 Å². The van der Waals surface area contributed by atoms with Gasteiger partial charge in [0, 0.05) is 24.3 Å². The zero-order valence-electron chi connectivity index (χ0n) is 13.7. The number of hydrogen-bond acceptors (Lipinski definition) is 3. The van der Waals surface area contributed by atoms with Gasteiger partial charge in [0.1, 0.15) is 5.52 Å². The molecule has 0 aliphatic heterocycles. The average Bonchev–Trinajstić information content (AvgIpc) is 2.93. The molecule has 0 radical (unpaired) electrons. The number of fused-ring (bicyclic) bond motifs is 1. The first kappa shape index (κ1) is 14.6. The van der Waals surface area contributed by atoms with Crippen molar-refractivity contribution in [2.75, 3.05) is 18.0 Å². The van der Waals surface area contributed by atoms with Gasteiger partial charge in [-0.25, -0.2) is 4.98 Å². The minimum absolute atomic E-state index is 0.690. The maximum absolute atomic E-state index is 5.97. The first-order valence-electron chi connectivity index (χ1n) is 7.85. The Hall–Kier alpha value is -2.29. The van der Waals surface area contributed by atoms with Crippen LogP contribution in [0.2, 0.25) is 0 Å². The fourth-order valence-electron chi connectivity index (χ4n) is 2.90. The molecular weight excluding hydrogens is 272 g/mol. The first-order chi connectivity index (χ1) is 10.6. The van der Waals surface area contributed by atoms with E-state index in [1.165, 1.54) is 11.3 Å². The van der Waals surface area contributed by atoms with Crippen LogP contribution in [0.4, 0.5) is 5.69 Å². The number of anilines is 1. The summed E-state index contributed by atoms with van der Waals surface area (Å²) in [7, 11) is 0. The van der Waals surface area contributed by atoms with E-state index >= 15 is 0 Å². The molecule has 0 atom stereocenters. The molecule has 0 fully saturated rings. The number of benzene rings is 2. The molecule has 0 N–H and O–H groups in total. The number of aryl methyl sites for hydroxylation is 2. The Morgan fingerprint density at radius 1 is 1.00 bits per heavy atom. The SMILES string of the molecule is CCN(CC)c1ccc(-c2nc3cc(C)cc(C)c3o2)cc1. The highest BCUT2D eigenvalue weighted by Gasteiger charge is 2.11. The van der Waals surface area contributed by atoms with Crippen LogP contribution in [0.15, 0.2) is 40.8 Å². The smallest absolute Gasteiger partial charge is 0.227 e. The van der Waals surface area contributed by atoms with E-state index in [0.717, 1.165) is 35.3 Å². The van der Waals surface area contributed by atoms with Gasteiger partial charge >= 0.3 is 0 Å². The van der Waals surface area contributed by atoms with Gasteiger partial charge < -0.3 is 9.32 Å². The molecule has 3 rings (SSSR count). The van der Waals surface area contributed by atoms with E-state index in [4.69, 9.17) is 4.42 Å². The Kier molecular flexibility index (Phi) is 3.88. The van der Waals surface area contributed by atoms with Crippen LogP contribution in [-0.4, -0.2) is 18.1 Å². The molecule has 3 nitrogen and oxygen atoms in total. The summed E-state index contributed by atoms with van der Waals surface area (Å²) in [6.45, 7) is 10.5. The average molecular weight is 294 g/mol. The molecule has 0 aliphatic rings. The van der Waals surface area contributed by atoms with E-state index in [-0.39, 0.29) is 0 Å². The third-order valence-corrected chi connectivity index (χ3v) is 4.06. The van der Waals surface area contributed by atoms with Gasteiger partial charge in [-0.3, -0.25) is 0 Å². The summed E-state index contributed by atoms with van der Waals surface area (Å²) < 4.78 is 5.97. The van der Waals surface area contributed by atoms with Gasteiger partial charge in [-0.15, -0.1) is 0 Å². The number of oxazole rings is 1. The van der Waals surface area contributed by atoms with Gasteiger partial charge in [-0.2, -0.15) is 0 Å². The number of hydrogen-bond donors (Lipinski definition) is 0. The van der Waals surface area contributed by atoms with Crippen LogP contribution in [0.5, 0.6) is 0 Å². The van der Waals surface area contributed by atoms with Crippen molar-refractivity contribution in [3.63, 3.8) is 0 Å². The van der Waals surface area contributed by atoms with Crippen molar-refractivity contribution in [3.05, 3.63) is 47.5 Å². The van der Waals surface area contributed by atoms with Crippen molar-refractivity contribution in [1.82, 2.24) is 4.98 Å². The number of rotatable bonds is 4. The maximum atomic E-state index is 5.97. The van der Waals surface area contributed by atoms with Crippen molar-refractivity contribution < 1.29 is 4.42 Å². The predicted molar refractivity (Wildman–Crippen MR) is 92.5 cm³/mol. The molecule has 0 aliphatic carbocycles. The normalized spacial score (nSPS) is 11.1. The van der Waals surface area contributed by atoms with Crippen molar-refractivity contribution in [2.45, 2.75) is 27.7 Å². The highest BCUT2D eigenvalue weighted by atomic mass is 16.3. The summed E-state index contributed by atoms with van der Waals surface area (Å²) in [6, 6.07) is 12.6. The Balaban J connectivity index is 1.99. The van der Waals surface area contributed by atoms with Crippen LogP contribution >= 0.6 is 0 Å². The maximum Gasteiger partial charge on any atom is 0.227 e. The van der Waals surface area contributed by atoms with Gasteiger partial charge in [-0.05, 0) is 69.2 Å². The van der Waals surface area contributed by atoms with E-state index in [1.54, 1.807) is 0 Å². The lowest BCUT2D eigenvalue weighted by atomic mass is 10.1. The Morgan fingerprint density at radius 3 is 2.32 bits per heavy atom. The zero-order chi connectivity index (χ0) is 15.7. The molecule has 0 saturated carbocycles. The lowest BCUT2D eigenvalue weighted by molar-refractivity contribution is 0.617. The molecule has 3 heteroatoms. The monoisotopic (exact) mass is 294 g/mol. The topological polar surface area (TPSA) is 29.3 Å². The molecule has 3 aromatic rings. The molecule has 2 aromatic carbocycles. The Bertz CT molecular complexity index is 783. The van der Waals surface area contributed by atoms with Gasteiger partial charge in [0.15, 0.2) is 5.58 Å². The van der Waals surface area contributed by atoms with Crippen LogP contribution in [0.3, 0.4) is 0 Å². The van der Waals surface area contributed by atoms with E-state index in [9.17, 15) is 0 Å². The summed E-state index contributed by atoms with van der Waals surface area (Å²) in [5, 5.41) is 0. The van der Waals surface area contributed by atoms with Crippen LogP contribution in [0.1, 0.15) is 25.0 Å². The van der Waals surface area contributed by atoms with Crippen LogP contribution in [0.25, 0.3) is 22.6 Å².